The number of nitrogens with zero attached hydrogens (tertiary/aromatic N) is 2. The molecule has 6 heteroatoms. The maximum atomic E-state index is 12.4. The minimum absolute atomic E-state index is 0.00105. The summed E-state index contributed by atoms with van der Waals surface area (Å²) in [6, 6.07) is 18.1. The van der Waals surface area contributed by atoms with Crippen molar-refractivity contribution in [3.63, 3.8) is 0 Å². The summed E-state index contributed by atoms with van der Waals surface area (Å²) in [5.74, 6) is 1.10. The predicted octanol–water partition coefficient (Wildman–Crippen LogP) is 3.22. The lowest BCUT2D eigenvalue weighted by Crippen LogP contribution is -2.50. The lowest BCUT2D eigenvalue weighted by atomic mass is 9.93. The first kappa shape index (κ1) is 21.4. The van der Waals surface area contributed by atoms with Crippen molar-refractivity contribution in [1.29, 1.82) is 0 Å². The van der Waals surface area contributed by atoms with Gasteiger partial charge in [0, 0.05) is 44.3 Å². The van der Waals surface area contributed by atoms with E-state index >= 15 is 0 Å². The van der Waals surface area contributed by atoms with Crippen LogP contribution >= 0.6 is 0 Å². The molecule has 0 spiro atoms. The van der Waals surface area contributed by atoms with Crippen molar-refractivity contribution in [2.24, 2.45) is 5.92 Å². The van der Waals surface area contributed by atoms with E-state index in [1.165, 1.54) is 5.56 Å². The Balaban J connectivity index is 1.21. The van der Waals surface area contributed by atoms with Gasteiger partial charge in [0.25, 0.3) is 5.91 Å². The molecule has 0 radical (unpaired) electrons. The second-order valence-electron chi connectivity index (χ2n) is 8.59. The number of hydrogen-bond donors (Lipinski definition) is 1. The molecule has 2 heterocycles. The van der Waals surface area contributed by atoms with Gasteiger partial charge >= 0.3 is 0 Å². The molecule has 2 amide bonds. The highest BCUT2D eigenvalue weighted by Crippen LogP contribution is 2.24. The standard InChI is InChI=1S/C25H31N3O3/c1-19-16-27(17-20-6-3-2-4-7-20)15-13-23(19)26-24(29)18-31-22-11-9-21(10-12-22)28-14-5-8-25(28)30/h2-4,6-7,9-12,19,23H,5,8,13-18H2,1H3,(H,26,29)/t19-,23+/m0/s1. The Kier molecular flexibility index (Phi) is 6.87. The first-order valence-corrected chi connectivity index (χ1v) is 11.2. The summed E-state index contributed by atoms with van der Waals surface area (Å²) in [5, 5.41) is 3.14. The maximum Gasteiger partial charge on any atom is 0.258 e. The van der Waals surface area contributed by atoms with Crippen LogP contribution in [0.2, 0.25) is 0 Å². The average molecular weight is 422 g/mol. The molecule has 2 fully saturated rings. The van der Waals surface area contributed by atoms with Crippen LogP contribution in [0.5, 0.6) is 5.75 Å². The van der Waals surface area contributed by atoms with Crippen LogP contribution < -0.4 is 15.0 Å². The van der Waals surface area contributed by atoms with Gasteiger partial charge in [-0.2, -0.15) is 0 Å². The molecule has 2 saturated heterocycles. The molecule has 6 nitrogen and oxygen atoms in total. The fourth-order valence-corrected chi connectivity index (χ4v) is 4.47. The van der Waals surface area contributed by atoms with E-state index in [0.29, 0.717) is 18.1 Å². The lowest BCUT2D eigenvalue weighted by Gasteiger charge is -2.37. The minimum Gasteiger partial charge on any atom is -0.484 e. The molecule has 2 aliphatic rings. The predicted molar refractivity (Wildman–Crippen MR) is 121 cm³/mol. The normalized spacial score (nSPS) is 21.8. The molecule has 164 valence electrons. The molecule has 0 aliphatic carbocycles. The summed E-state index contributed by atoms with van der Waals surface area (Å²) in [6.07, 6.45) is 2.46. The van der Waals surface area contributed by atoms with Crippen LogP contribution in [-0.2, 0) is 16.1 Å². The third-order valence-electron chi connectivity index (χ3n) is 6.18. The molecule has 0 aromatic heterocycles. The van der Waals surface area contributed by atoms with Crippen molar-refractivity contribution in [1.82, 2.24) is 10.2 Å². The fourth-order valence-electron chi connectivity index (χ4n) is 4.47. The summed E-state index contributed by atoms with van der Waals surface area (Å²) in [5.41, 5.74) is 2.21. The fraction of sp³-hybridized carbons (Fsp3) is 0.440. The van der Waals surface area contributed by atoms with Crippen LogP contribution in [0.15, 0.2) is 54.6 Å². The van der Waals surface area contributed by atoms with Gasteiger partial charge in [-0.15, -0.1) is 0 Å². The van der Waals surface area contributed by atoms with Gasteiger partial charge < -0.3 is 15.0 Å². The van der Waals surface area contributed by atoms with Gasteiger partial charge in [-0.1, -0.05) is 37.3 Å². The summed E-state index contributed by atoms with van der Waals surface area (Å²) in [4.78, 5) is 28.5. The number of benzene rings is 2. The van der Waals surface area contributed by atoms with E-state index in [-0.39, 0.29) is 24.5 Å². The smallest absolute Gasteiger partial charge is 0.258 e. The number of carbonyl (C=O) groups excluding carboxylic acids is 2. The lowest BCUT2D eigenvalue weighted by molar-refractivity contribution is -0.124. The monoisotopic (exact) mass is 421 g/mol. The molecule has 0 bridgehead atoms. The average Bonchev–Trinajstić information content (AvgIpc) is 3.21. The summed E-state index contributed by atoms with van der Waals surface area (Å²) in [6.45, 7) is 5.86. The number of ether oxygens (including phenoxy) is 1. The van der Waals surface area contributed by atoms with Crippen LogP contribution in [0.3, 0.4) is 0 Å². The number of piperidine rings is 1. The molecule has 2 aliphatic heterocycles. The third kappa shape index (κ3) is 5.64. The molecule has 2 atom stereocenters. The van der Waals surface area contributed by atoms with E-state index in [4.69, 9.17) is 4.74 Å². The van der Waals surface area contributed by atoms with Crippen LogP contribution in [-0.4, -0.2) is 49.0 Å². The molecule has 2 aromatic rings. The van der Waals surface area contributed by atoms with Gasteiger partial charge in [-0.05, 0) is 48.6 Å². The number of anilines is 1. The molecule has 4 rings (SSSR count). The first-order valence-electron chi connectivity index (χ1n) is 11.2. The second kappa shape index (κ2) is 9.96. The zero-order valence-electron chi connectivity index (χ0n) is 18.1. The van der Waals surface area contributed by atoms with E-state index < -0.39 is 0 Å². The van der Waals surface area contributed by atoms with Crippen molar-refractivity contribution in [3.05, 3.63) is 60.2 Å². The zero-order chi connectivity index (χ0) is 21.6. The van der Waals surface area contributed by atoms with Gasteiger partial charge in [0.1, 0.15) is 5.75 Å². The van der Waals surface area contributed by atoms with Crippen LogP contribution in [0, 0.1) is 5.92 Å². The summed E-state index contributed by atoms with van der Waals surface area (Å²) in [7, 11) is 0. The van der Waals surface area contributed by atoms with Gasteiger partial charge in [-0.25, -0.2) is 0 Å². The summed E-state index contributed by atoms with van der Waals surface area (Å²) >= 11 is 0. The second-order valence-corrected chi connectivity index (χ2v) is 8.59. The third-order valence-corrected chi connectivity index (χ3v) is 6.18. The number of amides is 2. The number of rotatable bonds is 7. The largest absolute Gasteiger partial charge is 0.484 e. The number of likely N-dealkylation sites (tertiary alicyclic amines) is 1. The molecule has 31 heavy (non-hydrogen) atoms. The Morgan fingerprint density at radius 2 is 1.87 bits per heavy atom. The van der Waals surface area contributed by atoms with E-state index in [0.717, 1.165) is 44.7 Å². The highest BCUT2D eigenvalue weighted by Gasteiger charge is 2.27. The van der Waals surface area contributed by atoms with Crippen LogP contribution in [0.1, 0.15) is 31.7 Å². The molecule has 0 unspecified atom stereocenters. The van der Waals surface area contributed by atoms with Crippen LogP contribution in [0.25, 0.3) is 0 Å². The number of nitrogens with one attached hydrogen (secondary N) is 1. The zero-order valence-corrected chi connectivity index (χ0v) is 18.1. The Hall–Kier alpha value is -2.86. The number of carbonyl (C=O) groups is 2. The Morgan fingerprint density at radius 3 is 2.55 bits per heavy atom. The van der Waals surface area contributed by atoms with Crippen molar-refractivity contribution in [2.75, 3.05) is 31.1 Å². The Morgan fingerprint density at radius 1 is 1.10 bits per heavy atom. The summed E-state index contributed by atoms with van der Waals surface area (Å²) < 4.78 is 5.66. The van der Waals surface area contributed by atoms with E-state index in [1.807, 2.05) is 30.3 Å². The molecular formula is C25H31N3O3. The molecule has 0 saturated carbocycles. The van der Waals surface area contributed by atoms with Gasteiger partial charge in [0.15, 0.2) is 6.61 Å². The molecule has 1 N–H and O–H groups in total. The van der Waals surface area contributed by atoms with E-state index in [1.54, 1.807) is 4.90 Å². The van der Waals surface area contributed by atoms with Crippen molar-refractivity contribution < 1.29 is 14.3 Å². The topological polar surface area (TPSA) is 61.9 Å². The maximum absolute atomic E-state index is 12.4. The first-order chi connectivity index (χ1) is 15.1. The van der Waals surface area contributed by atoms with E-state index in [2.05, 4.69) is 41.4 Å². The van der Waals surface area contributed by atoms with Crippen molar-refractivity contribution >= 4 is 17.5 Å². The molecular weight excluding hydrogens is 390 g/mol. The van der Waals surface area contributed by atoms with Crippen molar-refractivity contribution in [3.8, 4) is 5.75 Å². The van der Waals surface area contributed by atoms with Gasteiger partial charge in [0.05, 0.1) is 0 Å². The van der Waals surface area contributed by atoms with Gasteiger partial charge in [0.2, 0.25) is 5.91 Å². The molecule has 2 aromatic carbocycles. The Bertz CT molecular complexity index is 885. The SMILES string of the molecule is C[C@H]1CN(Cc2ccccc2)CC[C@H]1NC(=O)COc1ccc(N2CCCC2=O)cc1. The van der Waals surface area contributed by atoms with Gasteiger partial charge in [-0.3, -0.25) is 14.5 Å². The van der Waals surface area contributed by atoms with Crippen LogP contribution in [0.4, 0.5) is 5.69 Å². The highest BCUT2D eigenvalue weighted by atomic mass is 16.5. The Labute approximate surface area is 184 Å². The van der Waals surface area contributed by atoms with Crippen molar-refractivity contribution in [2.45, 2.75) is 38.8 Å². The quantitative estimate of drug-likeness (QED) is 0.746. The number of hydrogen-bond acceptors (Lipinski definition) is 4. The van der Waals surface area contributed by atoms with E-state index in [9.17, 15) is 9.59 Å². The highest BCUT2D eigenvalue weighted by molar-refractivity contribution is 5.95. The minimum atomic E-state index is -0.0906.